The van der Waals surface area contributed by atoms with E-state index in [2.05, 4.69) is 26.1 Å². The number of thioether (sulfide) groups is 1. The van der Waals surface area contributed by atoms with E-state index in [-0.39, 0.29) is 17.2 Å². The minimum absolute atomic E-state index is 0.144. The quantitative estimate of drug-likeness (QED) is 0.760. The van der Waals surface area contributed by atoms with Crippen LogP contribution in [0, 0.1) is 6.92 Å². The van der Waals surface area contributed by atoms with Gasteiger partial charge in [0.15, 0.2) is 0 Å². The first-order valence-electron chi connectivity index (χ1n) is 7.45. The molecule has 0 radical (unpaired) electrons. The third-order valence-corrected chi connectivity index (χ3v) is 5.43. The molecule has 0 bridgehead atoms. The van der Waals surface area contributed by atoms with Crippen molar-refractivity contribution < 1.29 is 13.2 Å². The maximum absolute atomic E-state index is 12.1. The highest BCUT2D eigenvalue weighted by atomic mass is 32.2. The number of sulfonamides is 1. The summed E-state index contributed by atoms with van der Waals surface area (Å²) in [6, 6.07) is 7.13. The molecular formula is C16H26N2O3S2. The fourth-order valence-corrected chi connectivity index (χ4v) is 3.69. The van der Waals surface area contributed by atoms with E-state index >= 15 is 0 Å². The van der Waals surface area contributed by atoms with Crippen LogP contribution in [0.2, 0.25) is 0 Å². The number of carbonyl (C=O) groups is 1. The summed E-state index contributed by atoms with van der Waals surface area (Å²) in [7, 11) is -3.52. The molecule has 1 aromatic rings. The lowest BCUT2D eigenvalue weighted by molar-refractivity contribution is -0.119. The van der Waals surface area contributed by atoms with Crippen molar-refractivity contribution in [3.05, 3.63) is 29.8 Å². The van der Waals surface area contributed by atoms with Crippen molar-refractivity contribution in [3.63, 3.8) is 0 Å². The highest BCUT2D eigenvalue weighted by molar-refractivity contribution is 8.00. The Morgan fingerprint density at radius 3 is 2.39 bits per heavy atom. The lowest BCUT2D eigenvalue weighted by Gasteiger charge is -2.23. The fourth-order valence-electron chi connectivity index (χ4n) is 1.96. The van der Waals surface area contributed by atoms with Crippen molar-refractivity contribution in [1.29, 1.82) is 0 Å². The Balaban J connectivity index is 2.69. The van der Waals surface area contributed by atoms with Gasteiger partial charge in [0.2, 0.25) is 15.9 Å². The highest BCUT2D eigenvalue weighted by Crippen LogP contribution is 2.23. The number of hydrogen-bond acceptors (Lipinski definition) is 4. The maximum Gasteiger partial charge on any atom is 0.240 e. The fraction of sp³-hybridized carbons (Fsp3) is 0.562. The number of nitrogens with zero attached hydrogens (tertiary/aromatic N) is 1. The predicted octanol–water partition coefficient (Wildman–Crippen LogP) is 2.41. The van der Waals surface area contributed by atoms with Gasteiger partial charge in [-0.15, -0.1) is 0 Å². The average molecular weight is 359 g/mol. The smallest absolute Gasteiger partial charge is 0.240 e. The van der Waals surface area contributed by atoms with Crippen molar-refractivity contribution >= 4 is 33.4 Å². The summed E-state index contributed by atoms with van der Waals surface area (Å²) in [5.74, 6) is 0.492. The van der Waals surface area contributed by atoms with Gasteiger partial charge in [-0.2, -0.15) is 11.8 Å². The number of carbonyl (C=O) groups excluding carboxylic acids is 1. The minimum atomic E-state index is -3.52. The van der Waals surface area contributed by atoms with E-state index in [1.807, 2.05) is 19.1 Å². The third-order valence-electron chi connectivity index (χ3n) is 3.03. The van der Waals surface area contributed by atoms with Gasteiger partial charge < -0.3 is 5.32 Å². The monoisotopic (exact) mass is 358 g/mol. The Morgan fingerprint density at radius 1 is 1.26 bits per heavy atom. The van der Waals surface area contributed by atoms with Crippen LogP contribution in [0.15, 0.2) is 24.3 Å². The molecule has 0 saturated carbocycles. The molecule has 130 valence electrons. The predicted molar refractivity (Wildman–Crippen MR) is 98.6 cm³/mol. The molecule has 7 heteroatoms. The number of anilines is 1. The second-order valence-corrected chi connectivity index (χ2v) is 10.2. The Kier molecular flexibility index (Phi) is 6.95. The molecule has 0 spiro atoms. The van der Waals surface area contributed by atoms with Gasteiger partial charge in [0, 0.05) is 17.0 Å². The normalized spacial score (nSPS) is 12.0. The van der Waals surface area contributed by atoms with Crippen LogP contribution in [-0.4, -0.2) is 44.2 Å². The average Bonchev–Trinajstić information content (AvgIpc) is 2.40. The van der Waals surface area contributed by atoms with E-state index in [0.29, 0.717) is 12.2 Å². The van der Waals surface area contributed by atoms with Gasteiger partial charge in [-0.05, 0) is 18.6 Å². The van der Waals surface area contributed by atoms with E-state index in [1.54, 1.807) is 23.9 Å². The molecule has 0 unspecified atom stereocenters. The molecule has 23 heavy (non-hydrogen) atoms. The van der Waals surface area contributed by atoms with Crippen LogP contribution in [0.1, 0.15) is 26.3 Å². The Morgan fingerprint density at radius 2 is 1.87 bits per heavy atom. The summed E-state index contributed by atoms with van der Waals surface area (Å²) in [5, 5.41) is 2.78. The molecule has 0 aliphatic rings. The molecule has 0 atom stereocenters. The van der Waals surface area contributed by atoms with Crippen LogP contribution in [0.25, 0.3) is 0 Å². The number of rotatable bonds is 7. The first-order chi connectivity index (χ1) is 10.5. The van der Waals surface area contributed by atoms with Crippen LogP contribution in [0.5, 0.6) is 0 Å². The summed E-state index contributed by atoms with van der Waals surface area (Å²) >= 11 is 1.75. The second-order valence-electron chi connectivity index (χ2n) is 6.37. The highest BCUT2D eigenvalue weighted by Gasteiger charge is 2.22. The van der Waals surface area contributed by atoms with Crippen LogP contribution in [0.3, 0.4) is 0 Å². The lowest BCUT2D eigenvalue weighted by atomic mass is 10.2. The van der Waals surface area contributed by atoms with E-state index < -0.39 is 10.0 Å². The number of amides is 1. The number of para-hydroxylation sites is 1. The summed E-state index contributed by atoms with van der Waals surface area (Å²) < 4.78 is 25.3. The van der Waals surface area contributed by atoms with Gasteiger partial charge in [-0.3, -0.25) is 9.10 Å². The van der Waals surface area contributed by atoms with Crippen molar-refractivity contribution in [2.45, 2.75) is 32.4 Å². The van der Waals surface area contributed by atoms with Crippen LogP contribution in [0.4, 0.5) is 5.69 Å². The Bertz CT molecular complexity index is 637. The molecule has 1 rings (SSSR count). The first-order valence-corrected chi connectivity index (χ1v) is 10.3. The number of aryl methyl sites for hydroxylation is 1. The molecule has 0 heterocycles. The summed E-state index contributed by atoms with van der Waals surface area (Å²) in [6.07, 6.45) is 1.11. The molecule has 0 fully saturated rings. The van der Waals surface area contributed by atoms with Crippen molar-refractivity contribution in [1.82, 2.24) is 5.32 Å². The molecule has 0 saturated heterocycles. The SMILES string of the molecule is Cc1ccccc1N(CC(=O)NCCSC(C)(C)C)S(C)(=O)=O. The van der Waals surface area contributed by atoms with Crippen molar-refractivity contribution in [2.24, 2.45) is 0 Å². The third kappa shape index (κ3) is 7.26. The minimum Gasteiger partial charge on any atom is -0.354 e. The topological polar surface area (TPSA) is 66.5 Å². The number of hydrogen-bond donors (Lipinski definition) is 1. The summed E-state index contributed by atoms with van der Waals surface area (Å²) in [5.41, 5.74) is 1.35. The van der Waals surface area contributed by atoms with Crippen LogP contribution >= 0.6 is 11.8 Å². The van der Waals surface area contributed by atoms with Crippen LogP contribution in [-0.2, 0) is 14.8 Å². The van der Waals surface area contributed by atoms with Gasteiger partial charge in [0.1, 0.15) is 6.54 Å². The van der Waals surface area contributed by atoms with E-state index in [1.165, 1.54) is 0 Å². The Hall–Kier alpha value is -1.21. The Labute approximate surface area is 143 Å². The molecule has 0 aromatic heterocycles. The summed E-state index contributed by atoms with van der Waals surface area (Å²) in [6.45, 7) is 8.48. The second kappa shape index (κ2) is 8.06. The zero-order valence-electron chi connectivity index (χ0n) is 14.4. The van der Waals surface area contributed by atoms with Gasteiger partial charge in [-0.1, -0.05) is 39.0 Å². The van der Waals surface area contributed by atoms with Crippen molar-refractivity contribution in [2.75, 3.05) is 29.4 Å². The summed E-state index contributed by atoms with van der Waals surface area (Å²) in [4.78, 5) is 12.1. The molecular weight excluding hydrogens is 332 g/mol. The maximum atomic E-state index is 12.1. The molecule has 0 aliphatic carbocycles. The molecule has 0 aliphatic heterocycles. The number of nitrogens with one attached hydrogen (secondary N) is 1. The van der Waals surface area contributed by atoms with Gasteiger partial charge in [-0.25, -0.2) is 8.42 Å². The standard InChI is InChI=1S/C16H26N2O3S2/c1-13-8-6-7-9-14(13)18(23(5,20)21)12-15(19)17-10-11-22-16(2,3)4/h6-9H,10-12H2,1-5H3,(H,17,19). The lowest BCUT2D eigenvalue weighted by Crippen LogP contribution is -2.41. The van der Waals surface area contributed by atoms with E-state index in [0.717, 1.165) is 21.9 Å². The van der Waals surface area contributed by atoms with E-state index in [9.17, 15) is 13.2 Å². The first kappa shape index (κ1) is 19.8. The van der Waals surface area contributed by atoms with Crippen LogP contribution < -0.4 is 9.62 Å². The molecule has 1 amide bonds. The van der Waals surface area contributed by atoms with Gasteiger partial charge in [0.05, 0.1) is 11.9 Å². The largest absolute Gasteiger partial charge is 0.354 e. The van der Waals surface area contributed by atoms with Crippen molar-refractivity contribution in [3.8, 4) is 0 Å². The molecule has 5 nitrogen and oxygen atoms in total. The van der Waals surface area contributed by atoms with Gasteiger partial charge >= 0.3 is 0 Å². The molecule has 1 N–H and O–H groups in total. The zero-order valence-corrected chi connectivity index (χ0v) is 16.1. The zero-order chi connectivity index (χ0) is 17.7. The number of benzene rings is 1. The van der Waals surface area contributed by atoms with E-state index in [4.69, 9.17) is 0 Å². The molecule has 1 aromatic carbocycles. The van der Waals surface area contributed by atoms with Gasteiger partial charge in [0.25, 0.3) is 0 Å².